The summed E-state index contributed by atoms with van der Waals surface area (Å²) in [7, 11) is 5.16. The van der Waals surface area contributed by atoms with E-state index in [-0.39, 0.29) is 24.4 Å². The number of hydrogen-bond acceptors (Lipinski definition) is 4. The van der Waals surface area contributed by atoms with Gasteiger partial charge in [-0.15, -0.1) is 12.4 Å². The summed E-state index contributed by atoms with van der Waals surface area (Å²) in [6.45, 7) is 2.62. The highest BCUT2D eigenvalue weighted by atomic mass is 35.5. The van der Waals surface area contributed by atoms with E-state index in [4.69, 9.17) is 9.47 Å². The molecule has 1 heterocycles. The van der Waals surface area contributed by atoms with Crippen LogP contribution in [0.1, 0.15) is 43.2 Å². The molecular formula is C20H31ClN2O3. The van der Waals surface area contributed by atoms with Gasteiger partial charge >= 0.3 is 0 Å². The predicted molar refractivity (Wildman–Crippen MR) is 105 cm³/mol. The highest BCUT2D eigenvalue weighted by Crippen LogP contribution is 2.34. The predicted octanol–water partition coefficient (Wildman–Crippen LogP) is 3.31. The van der Waals surface area contributed by atoms with Gasteiger partial charge in [-0.2, -0.15) is 0 Å². The summed E-state index contributed by atoms with van der Waals surface area (Å²) >= 11 is 0. The zero-order valence-corrected chi connectivity index (χ0v) is 17.0. The monoisotopic (exact) mass is 382 g/mol. The van der Waals surface area contributed by atoms with E-state index < -0.39 is 0 Å². The van der Waals surface area contributed by atoms with Crippen molar-refractivity contribution in [3.63, 3.8) is 0 Å². The lowest BCUT2D eigenvalue weighted by Gasteiger charge is -2.24. The molecule has 146 valence electrons. The number of rotatable bonds is 5. The van der Waals surface area contributed by atoms with Crippen molar-refractivity contribution < 1.29 is 14.3 Å². The Labute approximate surface area is 162 Å². The number of nitrogens with one attached hydrogen (secondary N) is 1. The summed E-state index contributed by atoms with van der Waals surface area (Å²) in [4.78, 5) is 14.7. The van der Waals surface area contributed by atoms with Crippen LogP contribution < -0.4 is 14.8 Å². The van der Waals surface area contributed by atoms with Crippen molar-refractivity contribution >= 4 is 18.3 Å². The summed E-state index contributed by atoms with van der Waals surface area (Å²) in [6, 6.07) is 4.45. The van der Waals surface area contributed by atoms with Gasteiger partial charge < -0.3 is 19.7 Å². The van der Waals surface area contributed by atoms with Crippen LogP contribution >= 0.6 is 12.4 Å². The number of benzene rings is 1. The molecule has 5 nitrogen and oxygen atoms in total. The largest absolute Gasteiger partial charge is 0.493 e. The Bertz CT molecular complexity index is 624. The molecule has 2 fully saturated rings. The summed E-state index contributed by atoms with van der Waals surface area (Å²) in [5, 5.41) is 3.58. The first-order valence-electron chi connectivity index (χ1n) is 9.26. The van der Waals surface area contributed by atoms with Crippen molar-refractivity contribution in [3.8, 4) is 11.5 Å². The van der Waals surface area contributed by atoms with Crippen LogP contribution in [0.4, 0.5) is 0 Å². The minimum atomic E-state index is -0.0291. The molecule has 0 spiro atoms. The van der Waals surface area contributed by atoms with Crippen molar-refractivity contribution in [3.05, 3.63) is 23.3 Å². The first kappa shape index (κ1) is 20.8. The van der Waals surface area contributed by atoms with Crippen LogP contribution in [0, 0.1) is 12.8 Å². The lowest BCUT2D eigenvalue weighted by Crippen LogP contribution is -2.43. The van der Waals surface area contributed by atoms with Gasteiger partial charge in [-0.25, -0.2) is 0 Å². The molecule has 1 amide bonds. The van der Waals surface area contributed by atoms with E-state index in [1.807, 2.05) is 31.0 Å². The summed E-state index contributed by atoms with van der Waals surface area (Å²) in [6.07, 6.45) is 6.06. The van der Waals surface area contributed by atoms with E-state index in [0.29, 0.717) is 24.3 Å². The van der Waals surface area contributed by atoms with Crippen LogP contribution in [0.2, 0.25) is 0 Å². The molecule has 0 radical (unpaired) electrons. The quantitative estimate of drug-likeness (QED) is 0.848. The second-order valence-corrected chi connectivity index (χ2v) is 7.43. The van der Waals surface area contributed by atoms with E-state index in [1.54, 1.807) is 14.2 Å². The molecule has 26 heavy (non-hydrogen) atoms. The fraction of sp³-hybridized carbons (Fsp3) is 0.650. The molecule has 1 aliphatic carbocycles. The molecule has 1 aromatic carbocycles. The van der Waals surface area contributed by atoms with Gasteiger partial charge in [-0.3, -0.25) is 4.79 Å². The second-order valence-electron chi connectivity index (χ2n) is 7.43. The highest BCUT2D eigenvalue weighted by Gasteiger charge is 2.39. The number of ether oxygens (including phenoxy) is 2. The Morgan fingerprint density at radius 2 is 1.85 bits per heavy atom. The van der Waals surface area contributed by atoms with Crippen molar-refractivity contribution in [2.75, 3.05) is 21.3 Å². The number of carbonyl (C=O) groups is 1. The van der Waals surface area contributed by atoms with Crippen LogP contribution in [-0.2, 0) is 11.3 Å². The Kier molecular flexibility index (Phi) is 7.18. The topological polar surface area (TPSA) is 50.8 Å². The molecule has 0 aromatic heterocycles. The lowest BCUT2D eigenvalue weighted by atomic mass is 9.85. The van der Waals surface area contributed by atoms with Crippen LogP contribution in [0.25, 0.3) is 0 Å². The zero-order valence-electron chi connectivity index (χ0n) is 16.2. The molecular weight excluding hydrogens is 352 g/mol. The molecule has 2 aliphatic rings. The molecule has 1 aromatic rings. The molecule has 3 rings (SSSR count). The number of nitrogens with zero attached hydrogens (tertiary/aromatic N) is 1. The van der Waals surface area contributed by atoms with Crippen molar-refractivity contribution in [1.29, 1.82) is 0 Å². The molecule has 1 N–H and O–H groups in total. The minimum absolute atomic E-state index is 0. The smallest absolute Gasteiger partial charge is 0.239 e. The summed E-state index contributed by atoms with van der Waals surface area (Å²) in [5.41, 5.74) is 2.19. The van der Waals surface area contributed by atoms with Gasteiger partial charge in [-0.1, -0.05) is 12.8 Å². The number of likely N-dealkylation sites (N-methyl/N-ethyl adjacent to an activating group) is 1. The third-order valence-electron chi connectivity index (χ3n) is 5.79. The maximum Gasteiger partial charge on any atom is 0.239 e. The first-order chi connectivity index (χ1) is 12.0. The summed E-state index contributed by atoms with van der Waals surface area (Å²) < 4.78 is 10.7. The first-order valence-corrected chi connectivity index (χ1v) is 9.26. The third-order valence-corrected chi connectivity index (χ3v) is 5.79. The van der Waals surface area contributed by atoms with Crippen LogP contribution in [-0.4, -0.2) is 44.2 Å². The normalized spacial score (nSPS) is 24.4. The standard InChI is InChI=1S/C20H30N2O3.ClH/c1-13-9-18(24-3)19(25-4)11-15(13)12-22(2)20(23)17-10-14-7-5-6-8-16(14)21-17;/h9,11,14,16-17,21H,5-8,10,12H2,1-4H3;1H. The summed E-state index contributed by atoms with van der Waals surface area (Å²) in [5.74, 6) is 2.30. The zero-order chi connectivity index (χ0) is 18.0. The lowest BCUT2D eigenvalue weighted by molar-refractivity contribution is -0.132. The fourth-order valence-electron chi connectivity index (χ4n) is 4.30. The number of methoxy groups -OCH3 is 2. The maximum absolute atomic E-state index is 12.9. The Morgan fingerprint density at radius 3 is 2.50 bits per heavy atom. The second kappa shape index (κ2) is 8.96. The molecule has 1 aliphatic heterocycles. The van der Waals surface area contributed by atoms with Gasteiger partial charge in [0, 0.05) is 19.6 Å². The Balaban J connectivity index is 0.00000243. The van der Waals surface area contributed by atoms with Crippen LogP contribution in [0.15, 0.2) is 12.1 Å². The van der Waals surface area contributed by atoms with E-state index in [0.717, 1.165) is 23.3 Å². The fourth-order valence-corrected chi connectivity index (χ4v) is 4.30. The van der Waals surface area contributed by atoms with Gasteiger partial charge in [0.15, 0.2) is 11.5 Å². The third kappa shape index (κ3) is 4.26. The average Bonchev–Trinajstić information content (AvgIpc) is 3.06. The molecule has 0 bridgehead atoms. The van der Waals surface area contributed by atoms with E-state index in [9.17, 15) is 4.79 Å². The van der Waals surface area contributed by atoms with E-state index >= 15 is 0 Å². The number of carbonyl (C=O) groups excluding carboxylic acids is 1. The maximum atomic E-state index is 12.9. The number of amides is 1. The molecule has 3 unspecified atom stereocenters. The van der Waals surface area contributed by atoms with Gasteiger partial charge in [0.25, 0.3) is 0 Å². The Hall–Kier alpha value is -1.46. The van der Waals surface area contributed by atoms with Crippen molar-refractivity contribution in [2.24, 2.45) is 5.92 Å². The minimum Gasteiger partial charge on any atom is -0.493 e. The number of hydrogen-bond donors (Lipinski definition) is 1. The van der Waals surface area contributed by atoms with Gasteiger partial charge in [0.2, 0.25) is 5.91 Å². The molecule has 3 atom stereocenters. The number of fused-ring (bicyclic) bond motifs is 1. The van der Waals surface area contributed by atoms with E-state index in [2.05, 4.69) is 5.32 Å². The van der Waals surface area contributed by atoms with E-state index in [1.165, 1.54) is 25.7 Å². The Morgan fingerprint density at radius 1 is 1.19 bits per heavy atom. The van der Waals surface area contributed by atoms with Gasteiger partial charge in [0.1, 0.15) is 0 Å². The van der Waals surface area contributed by atoms with Crippen LogP contribution in [0.5, 0.6) is 11.5 Å². The van der Waals surface area contributed by atoms with Gasteiger partial charge in [0.05, 0.1) is 20.3 Å². The van der Waals surface area contributed by atoms with Crippen molar-refractivity contribution in [2.45, 2.75) is 57.7 Å². The van der Waals surface area contributed by atoms with Gasteiger partial charge in [-0.05, 0) is 55.4 Å². The SMILES string of the molecule is COc1cc(C)c(CN(C)C(=O)C2CC3CCCCC3N2)cc1OC.Cl. The van der Waals surface area contributed by atoms with Crippen LogP contribution in [0.3, 0.4) is 0 Å². The average molecular weight is 383 g/mol. The number of halogens is 1. The molecule has 6 heteroatoms. The highest BCUT2D eigenvalue weighted by molar-refractivity contribution is 5.85. The number of aryl methyl sites for hydroxylation is 1. The molecule has 1 saturated carbocycles. The molecule has 1 saturated heterocycles. The van der Waals surface area contributed by atoms with Crippen molar-refractivity contribution in [1.82, 2.24) is 10.2 Å².